The van der Waals surface area contributed by atoms with Crippen LogP contribution in [0.1, 0.15) is 106 Å². The first-order valence-electron chi connectivity index (χ1n) is 13.8. The van der Waals surface area contributed by atoms with Crippen LogP contribution in [0.25, 0.3) is 0 Å². The predicted molar refractivity (Wildman–Crippen MR) is 133 cm³/mol. The van der Waals surface area contributed by atoms with E-state index in [1.807, 2.05) is 0 Å². The lowest BCUT2D eigenvalue weighted by Gasteiger charge is -2.72. The van der Waals surface area contributed by atoms with Crippen molar-refractivity contribution in [2.75, 3.05) is 0 Å². The zero-order chi connectivity index (χ0) is 24.2. The van der Waals surface area contributed by atoms with Gasteiger partial charge in [0.25, 0.3) is 0 Å². The summed E-state index contributed by atoms with van der Waals surface area (Å²) >= 11 is 0. The van der Waals surface area contributed by atoms with Crippen LogP contribution in [0, 0.1) is 56.7 Å². The monoisotopic (exact) mass is 456 g/mol. The van der Waals surface area contributed by atoms with E-state index in [-0.39, 0.29) is 33.7 Å². The number of aliphatic carboxylic acids is 1. The lowest BCUT2D eigenvalue weighted by molar-refractivity contribution is -0.248. The van der Waals surface area contributed by atoms with E-state index in [4.69, 9.17) is 0 Å². The third-order valence-corrected chi connectivity index (χ3v) is 13.5. The van der Waals surface area contributed by atoms with Crippen LogP contribution in [0.3, 0.4) is 0 Å². The molecule has 0 amide bonds. The van der Waals surface area contributed by atoms with Crippen molar-refractivity contribution < 1.29 is 15.0 Å². The Labute approximate surface area is 201 Å². The summed E-state index contributed by atoms with van der Waals surface area (Å²) in [6.45, 7) is 18.8. The molecule has 0 aliphatic heterocycles. The largest absolute Gasteiger partial charge is 0.481 e. The maximum Gasteiger partial charge on any atom is 0.309 e. The Kier molecular flexibility index (Phi) is 5.15. The number of carboxylic acid groups (broad SMARTS) is 1. The lowest BCUT2D eigenvalue weighted by atomic mass is 9.32. The van der Waals surface area contributed by atoms with Crippen LogP contribution in [-0.2, 0) is 4.79 Å². The van der Waals surface area contributed by atoms with Crippen LogP contribution < -0.4 is 0 Å². The molecule has 186 valence electrons. The summed E-state index contributed by atoms with van der Waals surface area (Å²) in [5.41, 5.74) is 1.35. The molecule has 10 atom stereocenters. The van der Waals surface area contributed by atoms with E-state index >= 15 is 0 Å². The standard InChI is InChI=1S/C30H48O3/c1-18(2)19-10-15-30(25(32)33)17-16-28(6)20(24(19)30)8-9-22-27(5)13-12-23(31)26(3,4)21(27)11-14-29(22,28)7/h19-24,31H,1,8-17H2,2-7H3,(H,32,33)/t19-,20-,21-,22+,23+,24-,27-,28+,29+,30-/m0/s1. The molecule has 5 aliphatic rings. The van der Waals surface area contributed by atoms with Crippen molar-refractivity contribution >= 4 is 5.97 Å². The third-order valence-electron chi connectivity index (χ3n) is 13.5. The minimum Gasteiger partial charge on any atom is -0.481 e. The van der Waals surface area contributed by atoms with Gasteiger partial charge in [0.2, 0.25) is 0 Å². The number of rotatable bonds is 2. The lowest BCUT2D eigenvalue weighted by Crippen LogP contribution is -2.67. The topological polar surface area (TPSA) is 57.5 Å². The molecule has 0 aromatic carbocycles. The molecule has 0 aromatic rings. The van der Waals surface area contributed by atoms with Crippen molar-refractivity contribution in [3.8, 4) is 0 Å². The van der Waals surface area contributed by atoms with Crippen molar-refractivity contribution in [1.82, 2.24) is 0 Å². The number of allylic oxidation sites excluding steroid dienone is 1. The van der Waals surface area contributed by atoms with Crippen molar-refractivity contribution in [3.05, 3.63) is 12.2 Å². The van der Waals surface area contributed by atoms with Gasteiger partial charge in [0.05, 0.1) is 11.5 Å². The maximum absolute atomic E-state index is 12.8. The zero-order valence-electron chi connectivity index (χ0n) is 22.0. The van der Waals surface area contributed by atoms with E-state index in [0.717, 1.165) is 38.5 Å². The minimum atomic E-state index is -0.538. The van der Waals surface area contributed by atoms with Crippen LogP contribution in [-0.4, -0.2) is 22.3 Å². The number of aliphatic hydroxyl groups excluding tert-OH is 1. The van der Waals surface area contributed by atoms with Crippen molar-refractivity contribution in [2.24, 2.45) is 56.7 Å². The summed E-state index contributed by atoms with van der Waals surface area (Å²) in [5.74, 6) is 1.79. The quantitative estimate of drug-likeness (QED) is 0.436. The fourth-order valence-electron chi connectivity index (χ4n) is 11.5. The van der Waals surface area contributed by atoms with Gasteiger partial charge in [-0.15, -0.1) is 0 Å². The first-order valence-corrected chi connectivity index (χ1v) is 13.8. The molecule has 33 heavy (non-hydrogen) atoms. The summed E-state index contributed by atoms with van der Waals surface area (Å²) in [5, 5.41) is 21.4. The molecule has 2 N–H and O–H groups in total. The first kappa shape index (κ1) is 23.9. The van der Waals surface area contributed by atoms with Gasteiger partial charge >= 0.3 is 5.97 Å². The first-order chi connectivity index (χ1) is 15.3. The molecule has 0 aromatic heterocycles. The molecule has 5 fully saturated rings. The minimum absolute atomic E-state index is 0.0202. The van der Waals surface area contributed by atoms with Gasteiger partial charge < -0.3 is 10.2 Å². The van der Waals surface area contributed by atoms with Gasteiger partial charge in [0.15, 0.2) is 0 Å². The number of hydrogen-bond acceptors (Lipinski definition) is 2. The molecule has 0 bridgehead atoms. The molecule has 5 rings (SSSR count). The Morgan fingerprint density at radius 2 is 1.52 bits per heavy atom. The summed E-state index contributed by atoms with van der Waals surface area (Å²) < 4.78 is 0. The van der Waals surface area contributed by atoms with Crippen LogP contribution in [0.2, 0.25) is 0 Å². The highest BCUT2D eigenvalue weighted by Crippen LogP contribution is 2.77. The molecular weight excluding hydrogens is 408 g/mol. The molecule has 0 saturated heterocycles. The van der Waals surface area contributed by atoms with Crippen molar-refractivity contribution in [2.45, 2.75) is 112 Å². The average Bonchev–Trinajstić information content (AvgIpc) is 3.13. The molecule has 0 spiro atoms. The molecule has 0 heterocycles. The van der Waals surface area contributed by atoms with E-state index in [9.17, 15) is 15.0 Å². The smallest absolute Gasteiger partial charge is 0.309 e. The Balaban J connectivity index is 1.57. The number of carboxylic acids is 1. The van der Waals surface area contributed by atoms with Gasteiger partial charge in [0, 0.05) is 0 Å². The van der Waals surface area contributed by atoms with E-state index in [1.54, 1.807) is 0 Å². The number of hydrogen-bond donors (Lipinski definition) is 2. The second kappa shape index (κ2) is 7.11. The van der Waals surface area contributed by atoms with Gasteiger partial charge in [-0.05, 0) is 122 Å². The fourth-order valence-corrected chi connectivity index (χ4v) is 11.5. The number of aliphatic hydroxyl groups is 1. The zero-order valence-corrected chi connectivity index (χ0v) is 22.0. The predicted octanol–water partition coefficient (Wildman–Crippen LogP) is 7.09. The third kappa shape index (κ3) is 2.75. The van der Waals surface area contributed by atoms with Gasteiger partial charge in [-0.1, -0.05) is 46.8 Å². The Hall–Kier alpha value is -0.830. The summed E-state index contributed by atoms with van der Waals surface area (Å²) in [4.78, 5) is 12.8. The summed E-state index contributed by atoms with van der Waals surface area (Å²) in [6, 6.07) is 0. The van der Waals surface area contributed by atoms with Gasteiger partial charge in [0.1, 0.15) is 0 Å². The molecule has 0 radical (unpaired) electrons. The van der Waals surface area contributed by atoms with Crippen LogP contribution >= 0.6 is 0 Å². The highest BCUT2D eigenvalue weighted by molar-refractivity contribution is 5.76. The molecule has 3 nitrogen and oxygen atoms in total. The second-order valence-electron chi connectivity index (χ2n) is 14.5. The van der Waals surface area contributed by atoms with E-state index < -0.39 is 11.4 Å². The Morgan fingerprint density at radius 3 is 2.15 bits per heavy atom. The van der Waals surface area contributed by atoms with E-state index in [1.165, 1.54) is 31.3 Å². The number of fused-ring (bicyclic) bond motifs is 7. The molecule has 5 aliphatic carbocycles. The van der Waals surface area contributed by atoms with Crippen LogP contribution in [0.5, 0.6) is 0 Å². The highest BCUT2D eigenvalue weighted by atomic mass is 16.4. The normalized spacial score (nSPS) is 55.0. The van der Waals surface area contributed by atoms with Crippen molar-refractivity contribution in [1.29, 1.82) is 0 Å². The van der Waals surface area contributed by atoms with Gasteiger partial charge in [-0.25, -0.2) is 0 Å². The van der Waals surface area contributed by atoms with E-state index in [0.29, 0.717) is 23.7 Å². The molecular formula is C30H48O3. The fraction of sp³-hybridized carbons (Fsp3) is 0.900. The van der Waals surface area contributed by atoms with E-state index in [2.05, 4.69) is 48.1 Å². The summed E-state index contributed by atoms with van der Waals surface area (Å²) in [6.07, 6.45) is 10.5. The van der Waals surface area contributed by atoms with Gasteiger partial charge in [-0.2, -0.15) is 0 Å². The SMILES string of the molecule is C=C(C)[C@@H]1CC[C@]2(C(=O)O)CC[C@]3(C)[C@@H](CC[C@@H]4[C@@]5(C)CC[C@@H](O)C(C)(C)[C@@H]5CC[C@]43C)[C@H]12. The van der Waals surface area contributed by atoms with Crippen molar-refractivity contribution in [3.63, 3.8) is 0 Å². The van der Waals surface area contributed by atoms with Crippen LogP contribution in [0.15, 0.2) is 12.2 Å². The summed E-state index contributed by atoms with van der Waals surface area (Å²) in [7, 11) is 0. The Bertz CT molecular complexity index is 861. The molecule has 5 saturated carbocycles. The molecule has 3 heteroatoms. The second-order valence-corrected chi connectivity index (χ2v) is 14.5. The number of carbonyl (C=O) groups is 1. The van der Waals surface area contributed by atoms with Crippen LogP contribution in [0.4, 0.5) is 0 Å². The maximum atomic E-state index is 12.8. The average molecular weight is 457 g/mol. The van der Waals surface area contributed by atoms with Gasteiger partial charge in [-0.3, -0.25) is 4.79 Å². The highest BCUT2D eigenvalue weighted by Gasteiger charge is 2.71. The Morgan fingerprint density at radius 1 is 0.818 bits per heavy atom. The molecule has 0 unspecified atom stereocenters.